The summed E-state index contributed by atoms with van der Waals surface area (Å²) in [5.74, 6) is 0.387. The highest BCUT2D eigenvalue weighted by Gasteiger charge is 2.22. The van der Waals surface area contributed by atoms with Crippen LogP contribution in [0.2, 0.25) is 0 Å². The van der Waals surface area contributed by atoms with Gasteiger partial charge in [-0.25, -0.2) is 9.78 Å². The summed E-state index contributed by atoms with van der Waals surface area (Å²) in [5, 5.41) is 1.11. The number of ether oxygens (including phenoxy) is 1. The second-order valence-corrected chi connectivity index (χ2v) is 7.49. The Morgan fingerprint density at radius 3 is 2.64 bits per heavy atom. The molecular formula is C18H18N2O3S2. The van der Waals surface area contributed by atoms with Crippen molar-refractivity contribution in [2.45, 2.75) is 25.9 Å². The third kappa shape index (κ3) is 3.21. The number of aryl methyl sites for hydroxylation is 1. The van der Waals surface area contributed by atoms with Gasteiger partial charge < -0.3 is 4.74 Å². The van der Waals surface area contributed by atoms with Gasteiger partial charge in [-0.1, -0.05) is 36.9 Å². The maximum absolute atomic E-state index is 13.2. The van der Waals surface area contributed by atoms with Crippen molar-refractivity contribution in [2.75, 3.05) is 12.4 Å². The van der Waals surface area contributed by atoms with E-state index in [0.717, 1.165) is 11.4 Å². The van der Waals surface area contributed by atoms with Crippen molar-refractivity contribution in [2.24, 2.45) is 0 Å². The van der Waals surface area contributed by atoms with E-state index in [9.17, 15) is 9.59 Å². The monoisotopic (exact) mass is 374 g/mol. The molecule has 5 nitrogen and oxygen atoms in total. The molecule has 130 valence electrons. The van der Waals surface area contributed by atoms with Crippen molar-refractivity contribution in [3.05, 3.63) is 51.1 Å². The van der Waals surface area contributed by atoms with Gasteiger partial charge in [0.05, 0.1) is 17.7 Å². The van der Waals surface area contributed by atoms with Crippen LogP contribution in [0, 0.1) is 6.92 Å². The Morgan fingerprint density at radius 1 is 1.28 bits per heavy atom. The number of nitrogens with zero attached hydrogens (tertiary/aromatic N) is 2. The van der Waals surface area contributed by atoms with Crippen LogP contribution in [0.1, 0.15) is 29.1 Å². The zero-order valence-electron chi connectivity index (χ0n) is 14.2. The zero-order chi connectivity index (χ0) is 18.0. The van der Waals surface area contributed by atoms with Gasteiger partial charge in [0.2, 0.25) is 0 Å². The lowest BCUT2D eigenvalue weighted by Crippen LogP contribution is -2.21. The number of hydrogen-bond acceptors (Lipinski definition) is 6. The number of carbonyl (C=O) groups is 1. The molecule has 0 fully saturated rings. The summed E-state index contributed by atoms with van der Waals surface area (Å²) in [4.78, 5) is 31.0. The molecule has 0 spiro atoms. The lowest BCUT2D eigenvalue weighted by atomic mass is 10.2. The topological polar surface area (TPSA) is 61.2 Å². The smallest absolute Gasteiger partial charge is 0.348 e. The van der Waals surface area contributed by atoms with Gasteiger partial charge in [-0.15, -0.1) is 11.3 Å². The fourth-order valence-corrected chi connectivity index (χ4v) is 4.44. The molecule has 0 aliphatic heterocycles. The highest BCUT2D eigenvalue weighted by Crippen LogP contribution is 2.30. The van der Waals surface area contributed by atoms with Crippen LogP contribution in [-0.2, 0) is 4.74 Å². The number of benzene rings is 1. The molecule has 25 heavy (non-hydrogen) atoms. The minimum Gasteiger partial charge on any atom is -0.462 e. The molecule has 3 aromatic rings. The Bertz CT molecular complexity index is 977. The van der Waals surface area contributed by atoms with E-state index in [4.69, 9.17) is 4.74 Å². The number of rotatable bonds is 5. The second-order valence-electron chi connectivity index (χ2n) is 5.26. The van der Waals surface area contributed by atoms with E-state index in [1.807, 2.05) is 37.3 Å². The molecule has 0 bridgehead atoms. The highest BCUT2D eigenvalue weighted by molar-refractivity contribution is 7.99. The molecule has 1 aromatic carbocycles. The second kappa shape index (κ2) is 7.41. The van der Waals surface area contributed by atoms with E-state index in [0.29, 0.717) is 32.4 Å². The van der Waals surface area contributed by atoms with Gasteiger partial charge in [0.15, 0.2) is 5.16 Å². The van der Waals surface area contributed by atoms with E-state index in [1.165, 1.54) is 23.1 Å². The molecular weight excluding hydrogens is 356 g/mol. The third-order valence-corrected chi connectivity index (χ3v) is 5.67. The van der Waals surface area contributed by atoms with Gasteiger partial charge in [-0.05, 0) is 37.3 Å². The van der Waals surface area contributed by atoms with Gasteiger partial charge in [0.25, 0.3) is 5.56 Å². The minimum atomic E-state index is -0.404. The fraction of sp³-hybridized carbons (Fsp3) is 0.278. The first-order chi connectivity index (χ1) is 12.1. The Kier molecular flexibility index (Phi) is 5.24. The van der Waals surface area contributed by atoms with Crippen molar-refractivity contribution < 1.29 is 9.53 Å². The summed E-state index contributed by atoms with van der Waals surface area (Å²) in [7, 11) is 0. The summed E-state index contributed by atoms with van der Waals surface area (Å²) >= 11 is 2.72. The van der Waals surface area contributed by atoms with Crippen molar-refractivity contribution in [3.63, 3.8) is 0 Å². The Morgan fingerprint density at radius 2 is 2.00 bits per heavy atom. The lowest BCUT2D eigenvalue weighted by Gasteiger charge is -2.11. The predicted octanol–water partition coefficient (Wildman–Crippen LogP) is 4.04. The first-order valence-electron chi connectivity index (χ1n) is 8.00. The van der Waals surface area contributed by atoms with Gasteiger partial charge in [0, 0.05) is 0 Å². The van der Waals surface area contributed by atoms with Crippen LogP contribution in [0.15, 0.2) is 40.3 Å². The first-order valence-corrected chi connectivity index (χ1v) is 9.80. The number of esters is 1. The molecule has 0 N–H and O–H groups in total. The molecule has 2 heterocycles. The van der Waals surface area contributed by atoms with Crippen molar-refractivity contribution in [1.82, 2.24) is 9.55 Å². The lowest BCUT2D eigenvalue weighted by molar-refractivity contribution is 0.0531. The summed E-state index contributed by atoms with van der Waals surface area (Å²) in [6.45, 7) is 5.85. The number of thioether (sulfide) groups is 1. The van der Waals surface area contributed by atoms with Crippen LogP contribution in [0.25, 0.3) is 15.9 Å². The van der Waals surface area contributed by atoms with Crippen LogP contribution >= 0.6 is 23.1 Å². The third-order valence-electron chi connectivity index (χ3n) is 3.68. The number of hydrogen-bond donors (Lipinski definition) is 0. The Hall–Kier alpha value is -2.12. The van der Waals surface area contributed by atoms with Crippen molar-refractivity contribution in [3.8, 4) is 5.69 Å². The average Bonchev–Trinajstić information content (AvgIpc) is 2.93. The van der Waals surface area contributed by atoms with Gasteiger partial charge >= 0.3 is 5.97 Å². The molecule has 0 saturated heterocycles. The molecule has 0 atom stereocenters. The molecule has 3 rings (SSSR count). The molecule has 0 unspecified atom stereocenters. The van der Waals surface area contributed by atoms with Crippen LogP contribution in [0.5, 0.6) is 0 Å². The minimum absolute atomic E-state index is 0.156. The van der Waals surface area contributed by atoms with E-state index >= 15 is 0 Å². The van der Waals surface area contributed by atoms with E-state index < -0.39 is 5.97 Å². The normalized spacial score (nSPS) is 11.0. The molecule has 0 saturated carbocycles. The maximum Gasteiger partial charge on any atom is 0.348 e. The number of fused-ring (bicyclic) bond motifs is 1. The summed E-state index contributed by atoms with van der Waals surface area (Å²) in [6, 6.07) is 9.43. The van der Waals surface area contributed by atoms with Crippen molar-refractivity contribution in [1.29, 1.82) is 0 Å². The zero-order valence-corrected chi connectivity index (χ0v) is 15.9. The molecule has 7 heteroatoms. The van der Waals surface area contributed by atoms with Crippen LogP contribution in [-0.4, -0.2) is 27.9 Å². The van der Waals surface area contributed by atoms with Gasteiger partial charge in [-0.2, -0.15) is 0 Å². The quantitative estimate of drug-likeness (QED) is 0.383. The number of thiophene rings is 1. The first kappa shape index (κ1) is 17.7. The van der Waals surface area contributed by atoms with Crippen LogP contribution in [0.4, 0.5) is 0 Å². The predicted molar refractivity (Wildman–Crippen MR) is 102 cm³/mol. The van der Waals surface area contributed by atoms with E-state index in [-0.39, 0.29) is 5.56 Å². The van der Waals surface area contributed by atoms with Crippen molar-refractivity contribution >= 4 is 39.3 Å². The van der Waals surface area contributed by atoms with Crippen LogP contribution < -0.4 is 5.56 Å². The van der Waals surface area contributed by atoms with E-state index in [1.54, 1.807) is 18.4 Å². The average molecular weight is 374 g/mol. The molecule has 2 aromatic heterocycles. The Labute approximate surface area is 153 Å². The maximum atomic E-state index is 13.2. The summed E-state index contributed by atoms with van der Waals surface area (Å²) in [5.41, 5.74) is 1.24. The fourth-order valence-electron chi connectivity index (χ4n) is 2.59. The largest absolute Gasteiger partial charge is 0.462 e. The standard InChI is InChI=1S/C18H18N2O3S2/c1-4-23-17(22)14-11(3)13-15(25-14)19-18(24-5-2)20(16(13)21)12-9-7-6-8-10-12/h6-10H,4-5H2,1-3H3. The summed E-state index contributed by atoms with van der Waals surface area (Å²) in [6.07, 6.45) is 0. The molecule has 0 radical (unpaired) electrons. The van der Waals surface area contributed by atoms with Crippen LogP contribution in [0.3, 0.4) is 0 Å². The van der Waals surface area contributed by atoms with Gasteiger partial charge in [0.1, 0.15) is 9.71 Å². The number of aromatic nitrogens is 2. The van der Waals surface area contributed by atoms with E-state index in [2.05, 4.69) is 4.98 Å². The SMILES string of the molecule is CCOC(=O)c1sc2nc(SCC)n(-c3ccccc3)c(=O)c2c1C. The molecule has 0 amide bonds. The molecule has 0 aliphatic carbocycles. The van der Waals surface area contributed by atoms with Gasteiger partial charge in [-0.3, -0.25) is 9.36 Å². The highest BCUT2D eigenvalue weighted by atomic mass is 32.2. The Balaban J connectivity index is 2.31. The number of para-hydroxylation sites is 1. The molecule has 0 aliphatic rings. The summed E-state index contributed by atoms with van der Waals surface area (Å²) < 4.78 is 6.72. The number of carbonyl (C=O) groups excluding carboxylic acids is 1.